The second-order valence-electron chi connectivity index (χ2n) is 6.09. The number of anilines is 1. The van der Waals surface area contributed by atoms with Crippen LogP contribution in [0.5, 0.6) is 0 Å². The van der Waals surface area contributed by atoms with Crippen LogP contribution < -0.4 is 15.5 Å². The van der Waals surface area contributed by atoms with E-state index in [9.17, 15) is 9.59 Å². The maximum absolute atomic E-state index is 11.9. The van der Waals surface area contributed by atoms with E-state index in [1.54, 1.807) is 24.3 Å². The van der Waals surface area contributed by atoms with E-state index >= 15 is 0 Å². The summed E-state index contributed by atoms with van der Waals surface area (Å²) in [6.07, 6.45) is 0. The first-order valence-corrected chi connectivity index (χ1v) is 8.74. The highest BCUT2D eigenvalue weighted by Gasteiger charge is 2.11. The lowest BCUT2D eigenvalue weighted by atomic mass is 10.2. The fourth-order valence-corrected chi connectivity index (χ4v) is 2.76. The number of carbonyl (C=O) groups excluding carboxylic acids is 2. The van der Waals surface area contributed by atoms with Crippen molar-refractivity contribution < 1.29 is 14.3 Å². The smallest absolute Gasteiger partial charge is 0.251 e. The summed E-state index contributed by atoms with van der Waals surface area (Å²) >= 11 is 0. The Balaban J connectivity index is 1.42. The minimum atomic E-state index is -0.254. The number of rotatable bonds is 6. The number of nitrogens with zero attached hydrogens (tertiary/aromatic N) is 1. The van der Waals surface area contributed by atoms with Crippen LogP contribution in [0.2, 0.25) is 0 Å². The molecule has 0 atom stereocenters. The summed E-state index contributed by atoms with van der Waals surface area (Å²) in [6.45, 7) is 3.70. The normalized spacial score (nSPS) is 13.9. The molecule has 1 heterocycles. The second-order valence-corrected chi connectivity index (χ2v) is 6.09. The fraction of sp³-hybridized carbons (Fsp3) is 0.300. The summed E-state index contributed by atoms with van der Waals surface area (Å²) in [5, 5.41) is 5.44. The number of hydrogen-bond acceptors (Lipinski definition) is 4. The van der Waals surface area contributed by atoms with Gasteiger partial charge in [0.05, 0.1) is 19.8 Å². The minimum absolute atomic E-state index is 0.0421. The molecule has 2 aromatic carbocycles. The van der Waals surface area contributed by atoms with Gasteiger partial charge in [-0.3, -0.25) is 9.59 Å². The molecule has 0 saturated carbocycles. The van der Waals surface area contributed by atoms with Crippen molar-refractivity contribution in [1.82, 2.24) is 10.6 Å². The molecule has 2 N–H and O–H groups in total. The summed E-state index contributed by atoms with van der Waals surface area (Å²) in [5.41, 5.74) is 2.72. The zero-order valence-electron chi connectivity index (χ0n) is 14.6. The number of amides is 2. The molecule has 1 aliphatic heterocycles. The number of benzene rings is 2. The molecule has 0 unspecified atom stereocenters. The van der Waals surface area contributed by atoms with Crippen LogP contribution in [0.1, 0.15) is 15.9 Å². The van der Waals surface area contributed by atoms with Gasteiger partial charge in [0.25, 0.3) is 5.91 Å². The van der Waals surface area contributed by atoms with Crippen molar-refractivity contribution in [3.63, 3.8) is 0 Å². The number of nitrogens with one attached hydrogen (secondary N) is 2. The molecule has 0 aliphatic carbocycles. The number of ether oxygens (including phenoxy) is 1. The van der Waals surface area contributed by atoms with Crippen LogP contribution in [0, 0.1) is 0 Å². The minimum Gasteiger partial charge on any atom is -0.378 e. The van der Waals surface area contributed by atoms with Crippen molar-refractivity contribution in [3.8, 4) is 0 Å². The Bertz CT molecular complexity index is 726. The third kappa shape index (κ3) is 5.07. The molecule has 1 aliphatic rings. The molecule has 1 fully saturated rings. The van der Waals surface area contributed by atoms with Gasteiger partial charge in [-0.05, 0) is 29.8 Å². The van der Waals surface area contributed by atoms with Crippen LogP contribution in [0.3, 0.4) is 0 Å². The second kappa shape index (κ2) is 9.01. The van der Waals surface area contributed by atoms with E-state index in [0.717, 1.165) is 31.9 Å². The molecular formula is C20H23N3O3. The molecule has 0 aromatic heterocycles. The van der Waals surface area contributed by atoms with Crippen LogP contribution in [-0.2, 0) is 16.1 Å². The van der Waals surface area contributed by atoms with Gasteiger partial charge >= 0.3 is 0 Å². The predicted octanol–water partition coefficient (Wildman–Crippen LogP) is 1.57. The SMILES string of the molecule is O=C(CNC(=O)c1ccccc1)NCc1ccc(N2CCOCC2)cc1. The Hall–Kier alpha value is -2.86. The lowest BCUT2D eigenvalue weighted by Gasteiger charge is -2.28. The van der Waals surface area contributed by atoms with Crippen LogP contribution in [-0.4, -0.2) is 44.7 Å². The standard InChI is InChI=1S/C20H23N3O3/c24-19(15-22-20(25)17-4-2-1-3-5-17)21-14-16-6-8-18(9-7-16)23-10-12-26-13-11-23/h1-9H,10-15H2,(H,21,24)(H,22,25). The van der Waals surface area contributed by atoms with Crippen molar-refractivity contribution >= 4 is 17.5 Å². The van der Waals surface area contributed by atoms with Gasteiger partial charge in [0.1, 0.15) is 0 Å². The highest BCUT2D eigenvalue weighted by molar-refractivity contribution is 5.96. The van der Waals surface area contributed by atoms with E-state index < -0.39 is 0 Å². The Morgan fingerprint density at radius 1 is 0.923 bits per heavy atom. The lowest BCUT2D eigenvalue weighted by Crippen LogP contribution is -2.36. The van der Waals surface area contributed by atoms with Crippen LogP contribution in [0.25, 0.3) is 0 Å². The van der Waals surface area contributed by atoms with E-state index in [2.05, 4.69) is 27.7 Å². The maximum atomic E-state index is 11.9. The van der Waals surface area contributed by atoms with Crippen LogP contribution in [0.4, 0.5) is 5.69 Å². The molecule has 6 heteroatoms. The van der Waals surface area contributed by atoms with E-state index in [0.29, 0.717) is 12.1 Å². The molecule has 0 spiro atoms. The van der Waals surface area contributed by atoms with Crippen LogP contribution in [0.15, 0.2) is 54.6 Å². The van der Waals surface area contributed by atoms with Gasteiger partial charge in [-0.15, -0.1) is 0 Å². The Morgan fingerprint density at radius 3 is 2.31 bits per heavy atom. The summed E-state index contributed by atoms with van der Waals surface area (Å²) in [4.78, 5) is 26.1. The zero-order valence-corrected chi connectivity index (χ0v) is 14.6. The average Bonchev–Trinajstić information content (AvgIpc) is 2.72. The van der Waals surface area contributed by atoms with E-state index in [1.807, 2.05) is 18.2 Å². The topological polar surface area (TPSA) is 70.7 Å². The number of morpholine rings is 1. The quantitative estimate of drug-likeness (QED) is 0.827. The molecule has 26 heavy (non-hydrogen) atoms. The number of carbonyl (C=O) groups is 2. The maximum Gasteiger partial charge on any atom is 0.251 e. The van der Waals surface area contributed by atoms with Gasteiger partial charge in [-0.1, -0.05) is 30.3 Å². The third-order valence-electron chi connectivity index (χ3n) is 4.25. The van der Waals surface area contributed by atoms with Gasteiger partial charge in [-0.2, -0.15) is 0 Å². The van der Waals surface area contributed by atoms with Gasteiger partial charge < -0.3 is 20.3 Å². The zero-order chi connectivity index (χ0) is 18.2. The van der Waals surface area contributed by atoms with E-state index in [-0.39, 0.29) is 18.4 Å². The van der Waals surface area contributed by atoms with Crippen molar-refractivity contribution in [3.05, 3.63) is 65.7 Å². The summed E-state index contributed by atoms with van der Waals surface area (Å²) < 4.78 is 5.36. The monoisotopic (exact) mass is 353 g/mol. The predicted molar refractivity (Wildman–Crippen MR) is 100 cm³/mol. The first kappa shape index (κ1) is 17.9. The Labute approximate surface area is 153 Å². The van der Waals surface area contributed by atoms with Crippen molar-refractivity contribution in [1.29, 1.82) is 0 Å². The highest BCUT2D eigenvalue weighted by atomic mass is 16.5. The first-order valence-electron chi connectivity index (χ1n) is 8.74. The summed E-state index contributed by atoms with van der Waals surface area (Å²) in [7, 11) is 0. The largest absolute Gasteiger partial charge is 0.378 e. The van der Waals surface area contributed by atoms with Crippen molar-refractivity contribution in [2.24, 2.45) is 0 Å². The van der Waals surface area contributed by atoms with Gasteiger partial charge in [0.2, 0.25) is 5.91 Å². The number of hydrogen-bond donors (Lipinski definition) is 2. The Kier molecular flexibility index (Phi) is 6.22. The molecule has 2 aromatic rings. The van der Waals surface area contributed by atoms with Gasteiger partial charge in [0.15, 0.2) is 0 Å². The Morgan fingerprint density at radius 2 is 1.62 bits per heavy atom. The van der Waals surface area contributed by atoms with E-state index in [1.165, 1.54) is 5.69 Å². The molecule has 136 valence electrons. The molecule has 0 bridgehead atoms. The lowest BCUT2D eigenvalue weighted by molar-refractivity contribution is -0.120. The van der Waals surface area contributed by atoms with E-state index in [4.69, 9.17) is 4.74 Å². The summed E-state index contributed by atoms with van der Waals surface area (Å²) in [5.74, 6) is -0.470. The third-order valence-corrected chi connectivity index (χ3v) is 4.25. The fourth-order valence-electron chi connectivity index (χ4n) is 2.76. The molecular weight excluding hydrogens is 330 g/mol. The van der Waals surface area contributed by atoms with Crippen LogP contribution >= 0.6 is 0 Å². The molecule has 0 radical (unpaired) electrons. The highest BCUT2D eigenvalue weighted by Crippen LogP contribution is 2.16. The molecule has 1 saturated heterocycles. The average molecular weight is 353 g/mol. The first-order chi connectivity index (χ1) is 12.7. The van der Waals surface area contributed by atoms with Gasteiger partial charge in [0, 0.05) is 30.9 Å². The molecule has 3 rings (SSSR count). The van der Waals surface area contributed by atoms with Gasteiger partial charge in [-0.25, -0.2) is 0 Å². The molecule has 2 amide bonds. The molecule has 6 nitrogen and oxygen atoms in total. The van der Waals surface area contributed by atoms with Crippen molar-refractivity contribution in [2.45, 2.75) is 6.54 Å². The summed E-state index contributed by atoms with van der Waals surface area (Å²) in [6, 6.07) is 17.0. The van der Waals surface area contributed by atoms with Crippen molar-refractivity contribution in [2.75, 3.05) is 37.7 Å².